The molecule has 5 amide bonds. The van der Waals surface area contributed by atoms with E-state index in [2.05, 4.69) is 31.6 Å². The Labute approximate surface area is 270 Å². The summed E-state index contributed by atoms with van der Waals surface area (Å²) < 4.78 is 0. The smallest absolute Gasteiger partial charge is 0.328 e. The van der Waals surface area contributed by atoms with Gasteiger partial charge in [-0.1, -0.05) is 54.4 Å². The lowest BCUT2D eigenvalue weighted by atomic mass is 9.95. The molecule has 0 aromatic carbocycles. The van der Waals surface area contributed by atoms with Crippen molar-refractivity contribution in [3.05, 3.63) is 0 Å². The van der Waals surface area contributed by atoms with Crippen LogP contribution in [-0.2, 0) is 28.8 Å². The number of nitrogens with two attached hydrogens (primary N) is 3. The second-order valence-corrected chi connectivity index (χ2v) is 11.8. The average molecular weight is 658 g/mol. The van der Waals surface area contributed by atoms with Gasteiger partial charge in [-0.2, -0.15) is 0 Å². The Kier molecular flexibility index (Phi) is 19.1. The molecule has 8 atom stereocenters. The van der Waals surface area contributed by atoms with E-state index in [1.807, 2.05) is 20.8 Å². The quantitative estimate of drug-likeness (QED) is 0.0354. The number of carboxylic acids is 1. The van der Waals surface area contributed by atoms with Crippen LogP contribution in [0.1, 0.15) is 74.1 Å². The van der Waals surface area contributed by atoms with Gasteiger partial charge in [0, 0.05) is 6.54 Å². The molecule has 0 aromatic rings. The maximum atomic E-state index is 13.4. The van der Waals surface area contributed by atoms with Crippen LogP contribution in [0.15, 0.2) is 4.99 Å². The highest BCUT2D eigenvalue weighted by molar-refractivity contribution is 5.96. The summed E-state index contributed by atoms with van der Waals surface area (Å²) in [6.07, 6.45) is 1.50. The fraction of sp³-hybridized carbons (Fsp3) is 0.759. The first-order valence-corrected chi connectivity index (χ1v) is 15.6. The second kappa shape index (κ2) is 20.9. The van der Waals surface area contributed by atoms with Gasteiger partial charge >= 0.3 is 5.97 Å². The lowest BCUT2D eigenvalue weighted by Gasteiger charge is -2.28. The van der Waals surface area contributed by atoms with Gasteiger partial charge in [0.25, 0.3) is 0 Å². The number of aliphatic hydroxyl groups is 1. The topological polar surface area (TPSA) is 293 Å². The summed E-state index contributed by atoms with van der Waals surface area (Å²) in [6, 6.07) is -6.94. The Morgan fingerprint density at radius 1 is 0.696 bits per heavy atom. The molecule has 0 rings (SSSR count). The number of carbonyl (C=O) groups is 6. The number of hydrogen-bond acceptors (Lipinski definition) is 9. The van der Waals surface area contributed by atoms with Crippen molar-refractivity contribution in [2.45, 2.75) is 110 Å². The maximum Gasteiger partial charge on any atom is 0.328 e. The second-order valence-electron chi connectivity index (χ2n) is 11.8. The number of nitrogens with one attached hydrogen (secondary N) is 5. The Hall–Kier alpha value is -3.99. The van der Waals surface area contributed by atoms with Crippen molar-refractivity contribution < 1.29 is 39.0 Å². The van der Waals surface area contributed by atoms with Crippen LogP contribution in [0.3, 0.4) is 0 Å². The number of aliphatic imine (C=N–C) groups is 1. The molecule has 13 N–H and O–H groups in total. The summed E-state index contributed by atoms with van der Waals surface area (Å²) in [7, 11) is 0. The van der Waals surface area contributed by atoms with Crippen molar-refractivity contribution >= 4 is 41.5 Å². The molecule has 0 fully saturated rings. The van der Waals surface area contributed by atoms with Crippen molar-refractivity contribution in [3.8, 4) is 0 Å². The van der Waals surface area contributed by atoms with Gasteiger partial charge in [-0.25, -0.2) is 4.79 Å². The predicted octanol–water partition coefficient (Wildman–Crippen LogP) is -2.36. The van der Waals surface area contributed by atoms with Gasteiger partial charge in [-0.15, -0.1) is 0 Å². The number of aliphatic carboxylic acids is 1. The van der Waals surface area contributed by atoms with Gasteiger partial charge in [-0.3, -0.25) is 29.0 Å². The van der Waals surface area contributed by atoms with E-state index < -0.39 is 84.3 Å². The molecular formula is C29H55N9O8. The molecule has 17 nitrogen and oxygen atoms in total. The highest BCUT2D eigenvalue weighted by atomic mass is 16.4. The highest BCUT2D eigenvalue weighted by Crippen LogP contribution is 2.12. The van der Waals surface area contributed by atoms with Crippen LogP contribution in [-0.4, -0.2) is 101 Å². The molecule has 0 bridgehead atoms. The van der Waals surface area contributed by atoms with Gasteiger partial charge < -0.3 is 54.0 Å². The van der Waals surface area contributed by atoms with Crippen molar-refractivity contribution in [2.24, 2.45) is 39.9 Å². The summed E-state index contributed by atoms with van der Waals surface area (Å²) in [4.78, 5) is 80.5. The van der Waals surface area contributed by atoms with E-state index in [1.54, 1.807) is 20.8 Å². The molecule has 0 unspecified atom stereocenters. The fourth-order valence-electron chi connectivity index (χ4n) is 4.14. The molecule has 0 heterocycles. The molecule has 0 aliphatic heterocycles. The summed E-state index contributed by atoms with van der Waals surface area (Å²) >= 11 is 0. The van der Waals surface area contributed by atoms with Crippen LogP contribution in [0.4, 0.5) is 0 Å². The van der Waals surface area contributed by atoms with Gasteiger partial charge in [0.2, 0.25) is 29.5 Å². The summed E-state index contributed by atoms with van der Waals surface area (Å²) in [6.45, 7) is 11.3. The van der Waals surface area contributed by atoms with Gasteiger partial charge in [0.05, 0.1) is 12.6 Å². The zero-order valence-corrected chi connectivity index (χ0v) is 28.0. The normalized spacial score (nSPS) is 16.3. The van der Waals surface area contributed by atoms with E-state index in [1.165, 1.54) is 6.92 Å². The molecule has 46 heavy (non-hydrogen) atoms. The largest absolute Gasteiger partial charge is 0.480 e. The number of hydrogen-bond donors (Lipinski definition) is 10. The molecule has 0 aliphatic rings. The molecule has 0 saturated carbocycles. The van der Waals surface area contributed by atoms with Crippen LogP contribution in [0, 0.1) is 17.8 Å². The molecular weight excluding hydrogens is 602 g/mol. The Morgan fingerprint density at radius 2 is 1.22 bits per heavy atom. The number of rotatable bonds is 21. The zero-order chi connectivity index (χ0) is 35.7. The van der Waals surface area contributed by atoms with Crippen molar-refractivity contribution in [3.63, 3.8) is 0 Å². The Balaban J connectivity index is 5.86. The minimum Gasteiger partial charge on any atom is -0.480 e. The third kappa shape index (κ3) is 14.4. The molecule has 0 saturated heterocycles. The van der Waals surface area contributed by atoms with Crippen molar-refractivity contribution in [1.82, 2.24) is 26.6 Å². The van der Waals surface area contributed by atoms with Gasteiger partial charge in [0.1, 0.15) is 30.2 Å². The number of amides is 5. The van der Waals surface area contributed by atoms with Crippen LogP contribution in [0.2, 0.25) is 0 Å². The van der Waals surface area contributed by atoms with Crippen molar-refractivity contribution in [1.29, 1.82) is 0 Å². The lowest BCUT2D eigenvalue weighted by molar-refractivity contribution is -0.143. The Morgan fingerprint density at radius 3 is 1.70 bits per heavy atom. The van der Waals surface area contributed by atoms with Crippen LogP contribution in [0.5, 0.6) is 0 Å². The van der Waals surface area contributed by atoms with Crippen LogP contribution >= 0.6 is 0 Å². The first-order valence-electron chi connectivity index (χ1n) is 15.6. The van der Waals surface area contributed by atoms with Crippen molar-refractivity contribution in [2.75, 3.05) is 13.2 Å². The Bertz CT molecular complexity index is 1070. The molecule has 0 spiro atoms. The van der Waals surface area contributed by atoms with Gasteiger partial charge in [-0.05, 0) is 37.5 Å². The van der Waals surface area contributed by atoms with Crippen LogP contribution < -0.4 is 43.8 Å². The summed E-state index contributed by atoms with van der Waals surface area (Å²) in [5, 5.41) is 31.0. The molecule has 0 aliphatic carbocycles. The minimum atomic E-state index is -1.58. The zero-order valence-electron chi connectivity index (χ0n) is 28.0. The summed E-state index contributed by atoms with van der Waals surface area (Å²) in [5.41, 5.74) is 16.8. The summed E-state index contributed by atoms with van der Waals surface area (Å²) in [5.74, 6) is -5.95. The van der Waals surface area contributed by atoms with E-state index in [0.29, 0.717) is 12.8 Å². The number of guanidine groups is 1. The molecule has 0 radical (unpaired) electrons. The van der Waals surface area contributed by atoms with E-state index in [9.17, 15) is 33.9 Å². The number of aliphatic hydroxyl groups excluding tert-OH is 1. The van der Waals surface area contributed by atoms with Crippen LogP contribution in [0.25, 0.3) is 0 Å². The van der Waals surface area contributed by atoms with E-state index >= 15 is 0 Å². The first kappa shape index (κ1) is 42.0. The van der Waals surface area contributed by atoms with E-state index in [4.69, 9.17) is 22.3 Å². The number of carbonyl (C=O) groups excluding carboxylic acids is 5. The van der Waals surface area contributed by atoms with E-state index in [0.717, 1.165) is 0 Å². The SMILES string of the molecule is CC[C@H](C)[C@H](N)C(=O)N[C@H](C(=O)N[C@@H](C)C(=O)N[C@@H](CCCN=C(N)N)C(=O)N[C@H](C(=O)N[C@@H](CO)C(=O)O)C(C)C)[C@@H](C)CC. The monoisotopic (exact) mass is 657 g/mol. The third-order valence-electron chi connectivity index (χ3n) is 7.73. The highest BCUT2D eigenvalue weighted by Gasteiger charge is 2.34. The van der Waals surface area contributed by atoms with E-state index in [-0.39, 0.29) is 37.2 Å². The third-order valence-corrected chi connectivity index (χ3v) is 7.73. The molecule has 17 heteroatoms. The lowest BCUT2D eigenvalue weighted by Crippen LogP contribution is -2.60. The number of nitrogens with zero attached hydrogens (tertiary/aromatic N) is 1. The standard InChI is InChI=1S/C29H55N9O8/c1-8-15(5)20(30)25(42)38-22(16(6)9-2)27(44)34-17(7)23(40)35-18(11-10-12-33-29(31)32)24(41)37-21(14(3)4)26(43)36-19(13-39)28(45)46/h14-22,39H,8-13,30H2,1-7H3,(H,34,44)(H,35,40)(H,36,43)(H,37,41)(H,38,42)(H,45,46)(H4,31,32,33)/t15-,16-,17-,18-,19-,20-,21-,22-/m0/s1. The predicted molar refractivity (Wildman–Crippen MR) is 172 cm³/mol. The minimum absolute atomic E-state index is 0.0366. The maximum absolute atomic E-state index is 13.4. The average Bonchev–Trinajstić information content (AvgIpc) is 3.00. The first-order chi connectivity index (χ1) is 21.4. The molecule has 0 aromatic heterocycles. The number of carboxylic acid groups (broad SMARTS) is 1. The molecule has 264 valence electrons. The fourth-order valence-corrected chi connectivity index (χ4v) is 4.14. The van der Waals surface area contributed by atoms with Gasteiger partial charge in [0.15, 0.2) is 5.96 Å².